The van der Waals surface area contributed by atoms with Crippen LogP contribution in [0.25, 0.3) is 88.4 Å². The normalized spacial score (nSPS) is 11.5. The molecule has 282 valence electrons. The molecule has 60 heavy (non-hydrogen) atoms. The maximum atomic E-state index is 14.8. The van der Waals surface area contributed by atoms with Gasteiger partial charge in [0.15, 0.2) is 0 Å². The van der Waals surface area contributed by atoms with Crippen molar-refractivity contribution in [3.05, 3.63) is 192 Å². The smallest absolute Gasteiger partial charge is 0.307 e. The highest BCUT2D eigenvalue weighted by atomic mass is 19.4. The molecule has 0 atom stereocenters. The standard InChI is InChI=1S/C52H28F3N5/c53-52(54,55)45-18-8-5-15-39(45)44-28-51(60-47-20-10-7-17-41(47)43-24-22-33(26-49(43)60)38-14-4-2-12-35(38)30-57)50(27-36(44)31-58)59-46-19-9-6-16-40(46)42-23-21-32(25-48(42)59)37-13-3-1-11-34(37)29-56/h1-28H. The van der Waals surface area contributed by atoms with E-state index in [1.165, 1.54) is 12.1 Å². The maximum Gasteiger partial charge on any atom is 0.417 e. The number of hydrogen-bond acceptors (Lipinski definition) is 3. The second-order valence-corrected chi connectivity index (χ2v) is 14.5. The molecule has 0 bridgehead atoms. The Balaban J connectivity index is 1.38. The Morgan fingerprint density at radius 1 is 0.367 bits per heavy atom. The van der Waals surface area contributed by atoms with Crippen molar-refractivity contribution in [1.82, 2.24) is 9.13 Å². The Labute approximate surface area is 341 Å². The predicted octanol–water partition coefficient (Wildman–Crippen LogP) is 13.5. The van der Waals surface area contributed by atoms with Crippen LogP contribution in [0.15, 0.2) is 170 Å². The van der Waals surface area contributed by atoms with Gasteiger partial charge in [0, 0.05) is 27.1 Å². The average Bonchev–Trinajstić information content (AvgIpc) is 3.80. The van der Waals surface area contributed by atoms with Gasteiger partial charge in [-0.1, -0.05) is 115 Å². The molecule has 0 aliphatic heterocycles. The lowest BCUT2D eigenvalue weighted by atomic mass is 9.94. The molecule has 0 amide bonds. The summed E-state index contributed by atoms with van der Waals surface area (Å²) in [6.07, 6.45) is -4.69. The van der Waals surface area contributed by atoms with E-state index >= 15 is 0 Å². The molecule has 2 aromatic heterocycles. The van der Waals surface area contributed by atoms with Gasteiger partial charge in [-0.05, 0) is 82.4 Å². The lowest BCUT2D eigenvalue weighted by Gasteiger charge is -2.21. The van der Waals surface area contributed by atoms with Crippen molar-refractivity contribution in [3.8, 4) is 63.0 Å². The Morgan fingerprint density at radius 2 is 0.783 bits per heavy atom. The molecule has 10 rings (SSSR count). The van der Waals surface area contributed by atoms with Crippen LogP contribution in [0.2, 0.25) is 0 Å². The van der Waals surface area contributed by atoms with Crippen LogP contribution in [0.1, 0.15) is 22.3 Å². The number of alkyl halides is 3. The minimum atomic E-state index is -4.69. The van der Waals surface area contributed by atoms with Crippen LogP contribution in [0.5, 0.6) is 0 Å². The summed E-state index contributed by atoms with van der Waals surface area (Å²) in [5.74, 6) is 0. The predicted molar refractivity (Wildman–Crippen MR) is 231 cm³/mol. The van der Waals surface area contributed by atoms with Crippen LogP contribution in [-0.4, -0.2) is 9.13 Å². The van der Waals surface area contributed by atoms with Gasteiger partial charge in [-0.25, -0.2) is 0 Å². The summed E-state index contributed by atoms with van der Waals surface area (Å²) in [5.41, 5.74) is 7.57. The largest absolute Gasteiger partial charge is 0.417 e. The zero-order valence-corrected chi connectivity index (χ0v) is 31.5. The summed E-state index contributed by atoms with van der Waals surface area (Å²) in [6, 6.07) is 58.2. The van der Waals surface area contributed by atoms with Gasteiger partial charge >= 0.3 is 6.18 Å². The van der Waals surface area contributed by atoms with Crippen LogP contribution in [0.4, 0.5) is 13.2 Å². The van der Waals surface area contributed by atoms with Gasteiger partial charge in [0.1, 0.15) is 0 Å². The number of fused-ring (bicyclic) bond motifs is 6. The molecule has 8 aromatic carbocycles. The highest BCUT2D eigenvalue weighted by Gasteiger charge is 2.34. The quantitative estimate of drug-likeness (QED) is 0.174. The fourth-order valence-corrected chi connectivity index (χ4v) is 8.68. The monoisotopic (exact) mass is 779 g/mol. The van der Waals surface area contributed by atoms with E-state index in [1.54, 1.807) is 30.3 Å². The zero-order valence-electron chi connectivity index (χ0n) is 31.5. The average molecular weight is 780 g/mol. The summed E-state index contributed by atoms with van der Waals surface area (Å²) in [7, 11) is 0. The number of nitrogens with zero attached hydrogens (tertiary/aromatic N) is 5. The first kappa shape index (κ1) is 36.0. The van der Waals surface area contributed by atoms with Crippen LogP contribution >= 0.6 is 0 Å². The summed E-state index contributed by atoms with van der Waals surface area (Å²) in [4.78, 5) is 0. The van der Waals surface area contributed by atoms with Crippen molar-refractivity contribution >= 4 is 43.6 Å². The minimum absolute atomic E-state index is 0.0618. The van der Waals surface area contributed by atoms with E-state index in [2.05, 4.69) is 27.3 Å². The molecule has 0 fully saturated rings. The Hall–Kier alpha value is -8.38. The first-order valence-corrected chi connectivity index (χ1v) is 19.1. The van der Waals surface area contributed by atoms with Crippen LogP contribution in [-0.2, 0) is 6.18 Å². The van der Waals surface area contributed by atoms with Gasteiger partial charge in [-0.3, -0.25) is 0 Å². The molecule has 0 saturated carbocycles. The molecular formula is C52H28F3N5. The number of para-hydroxylation sites is 2. The number of nitriles is 3. The van der Waals surface area contributed by atoms with Gasteiger partial charge < -0.3 is 9.13 Å². The number of benzene rings is 8. The van der Waals surface area contributed by atoms with Gasteiger partial charge in [-0.2, -0.15) is 29.0 Å². The molecule has 5 nitrogen and oxygen atoms in total. The summed E-state index contributed by atoms with van der Waals surface area (Å²) < 4.78 is 48.4. The fourth-order valence-electron chi connectivity index (χ4n) is 8.68. The Kier molecular flexibility index (Phi) is 8.35. The highest BCUT2D eigenvalue weighted by Crippen LogP contribution is 2.45. The SMILES string of the molecule is N#Cc1ccccc1-c1ccc2c3ccccc3n(-c3cc(C#N)c(-c4ccccc4C(F)(F)F)cc3-n3c4ccccc4c4ccc(-c5ccccc5C#N)cc43)c2c1. The van der Waals surface area contributed by atoms with Gasteiger partial charge in [0.25, 0.3) is 0 Å². The van der Waals surface area contributed by atoms with E-state index in [0.717, 1.165) is 71.9 Å². The van der Waals surface area contributed by atoms with Gasteiger partial charge in [-0.15, -0.1) is 0 Å². The van der Waals surface area contributed by atoms with Crippen molar-refractivity contribution < 1.29 is 13.2 Å². The van der Waals surface area contributed by atoms with Crippen molar-refractivity contribution in [2.75, 3.05) is 0 Å². The Bertz CT molecular complexity index is 3530. The number of halogens is 3. The molecule has 0 spiro atoms. The maximum absolute atomic E-state index is 14.8. The van der Waals surface area contributed by atoms with Crippen molar-refractivity contribution in [3.63, 3.8) is 0 Å². The second kappa shape index (κ2) is 13.9. The molecular weight excluding hydrogens is 752 g/mol. The molecule has 8 heteroatoms. The first-order chi connectivity index (χ1) is 29.3. The summed E-state index contributed by atoms with van der Waals surface area (Å²) in [5, 5.41) is 34.6. The lowest BCUT2D eigenvalue weighted by molar-refractivity contribution is -0.137. The molecule has 10 aromatic rings. The van der Waals surface area contributed by atoms with E-state index in [9.17, 15) is 29.0 Å². The molecule has 0 aliphatic carbocycles. The molecule has 0 N–H and O–H groups in total. The highest BCUT2D eigenvalue weighted by molar-refractivity contribution is 6.13. The second-order valence-electron chi connectivity index (χ2n) is 14.5. The van der Waals surface area contributed by atoms with Crippen LogP contribution in [0, 0.1) is 34.0 Å². The third kappa shape index (κ3) is 5.61. The number of hydrogen-bond donors (Lipinski definition) is 0. The van der Waals surface area contributed by atoms with E-state index in [4.69, 9.17) is 0 Å². The fraction of sp³-hybridized carbons (Fsp3) is 0.0192. The molecule has 0 saturated heterocycles. The van der Waals surface area contributed by atoms with E-state index < -0.39 is 11.7 Å². The van der Waals surface area contributed by atoms with E-state index in [0.29, 0.717) is 22.5 Å². The van der Waals surface area contributed by atoms with Crippen LogP contribution < -0.4 is 0 Å². The number of rotatable bonds is 5. The van der Waals surface area contributed by atoms with Crippen molar-refractivity contribution in [1.29, 1.82) is 15.8 Å². The number of aromatic nitrogens is 2. The minimum Gasteiger partial charge on any atom is -0.307 e. The van der Waals surface area contributed by atoms with E-state index in [1.807, 2.05) is 121 Å². The van der Waals surface area contributed by atoms with E-state index in [-0.39, 0.29) is 16.7 Å². The van der Waals surface area contributed by atoms with Crippen molar-refractivity contribution in [2.24, 2.45) is 0 Å². The summed E-state index contributed by atoms with van der Waals surface area (Å²) >= 11 is 0. The zero-order chi connectivity index (χ0) is 41.1. The van der Waals surface area contributed by atoms with Crippen LogP contribution in [0.3, 0.4) is 0 Å². The third-order valence-electron chi connectivity index (χ3n) is 11.3. The lowest BCUT2D eigenvalue weighted by Crippen LogP contribution is -2.09. The van der Waals surface area contributed by atoms with Gasteiger partial charge in [0.2, 0.25) is 0 Å². The molecule has 0 unspecified atom stereocenters. The van der Waals surface area contributed by atoms with Gasteiger partial charge in [0.05, 0.1) is 73.9 Å². The third-order valence-corrected chi connectivity index (χ3v) is 11.3. The molecule has 0 aliphatic rings. The topological polar surface area (TPSA) is 81.2 Å². The Morgan fingerprint density at radius 3 is 1.28 bits per heavy atom. The summed E-state index contributed by atoms with van der Waals surface area (Å²) in [6.45, 7) is 0. The molecule has 0 radical (unpaired) electrons. The molecule has 2 heterocycles. The first-order valence-electron chi connectivity index (χ1n) is 19.1. The van der Waals surface area contributed by atoms with Crippen molar-refractivity contribution in [2.45, 2.75) is 6.18 Å².